The fourth-order valence-corrected chi connectivity index (χ4v) is 4.64. The molecule has 2 aromatic rings. The Bertz CT molecular complexity index is 1010. The largest absolute Gasteiger partial charge is 0.469 e. The molecule has 3 atom stereocenters. The van der Waals surface area contributed by atoms with Gasteiger partial charge in [0.15, 0.2) is 5.78 Å². The summed E-state index contributed by atoms with van der Waals surface area (Å²) in [6.07, 6.45) is 2.52. The van der Waals surface area contributed by atoms with Gasteiger partial charge >= 0.3 is 5.97 Å². The highest BCUT2D eigenvalue weighted by Gasteiger charge is 2.45. The summed E-state index contributed by atoms with van der Waals surface area (Å²) in [6.45, 7) is 3.84. The first-order valence-corrected chi connectivity index (χ1v) is 10.1. The molecule has 0 N–H and O–H groups in total. The lowest BCUT2D eigenvalue weighted by Gasteiger charge is -2.36. The third-order valence-corrected chi connectivity index (χ3v) is 5.96. The number of esters is 1. The number of aliphatic imine (C=N–C) groups is 1. The van der Waals surface area contributed by atoms with Crippen LogP contribution in [0.1, 0.15) is 49.8 Å². The van der Waals surface area contributed by atoms with E-state index >= 15 is 0 Å². The highest BCUT2D eigenvalue weighted by atomic mass is 35.5. The molecule has 0 spiro atoms. The minimum Gasteiger partial charge on any atom is -0.469 e. The van der Waals surface area contributed by atoms with E-state index in [0.717, 1.165) is 11.3 Å². The molecular weight excluding hydrogens is 390 g/mol. The number of Topliss-reactive ketones (excluding diaryl/α,β-unsaturated/α-hetero) is 1. The number of hydrogen-bond acceptors (Lipinski definition) is 5. The smallest absolute Gasteiger partial charge is 0.315 e. The van der Waals surface area contributed by atoms with Crippen LogP contribution >= 0.6 is 11.6 Å². The van der Waals surface area contributed by atoms with Gasteiger partial charge in [-0.25, -0.2) is 0 Å². The molecule has 0 fully saturated rings. The topological polar surface area (TPSA) is 68.9 Å². The predicted octanol–water partition coefficient (Wildman–Crippen LogP) is 5.07. The number of nitrogens with zero attached hydrogens (tertiary/aromatic N) is 1. The van der Waals surface area contributed by atoms with Gasteiger partial charge in [-0.3, -0.25) is 14.6 Å². The normalized spacial score (nSPS) is 24.2. The van der Waals surface area contributed by atoms with Crippen LogP contribution < -0.4 is 0 Å². The summed E-state index contributed by atoms with van der Waals surface area (Å²) in [5.74, 6) is -0.856. The fraction of sp³-hybridized carbons (Fsp3) is 0.348. The maximum Gasteiger partial charge on any atom is 0.315 e. The van der Waals surface area contributed by atoms with E-state index in [1.54, 1.807) is 19.3 Å². The standard InChI is InChI=1S/C23H22ClNO4/c1-3-28-23(27)20-13(2)25-17-11-14(19-9-6-10-29-19)12-18(26)22(17)21(20)15-7-4-5-8-16(15)24/h4-10,14,20-21H,3,11-12H2,1-2H3/t14-,20?,21+/m0/s1. The third-order valence-electron chi connectivity index (χ3n) is 5.61. The lowest BCUT2D eigenvalue weighted by molar-refractivity contribution is -0.146. The van der Waals surface area contributed by atoms with Crippen LogP contribution in [0.5, 0.6) is 0 Å². The second kappa shape index (κ2) is 7.99. The van der Waals surface area contributed by atoms with E-state index in [1.165, 1.54) is 0 Å². The number of furan rings is 1. The molecule has 0 amide bonds. The van der Waals surface area contributed by atoms with E-state index in [2.05, 4.69) is 0 Å². The van der Waals surface area contributed by atoms with Crippen molar-refractivity contribution >= 4 is 29.1 Å². The fourth-order valence-electron chi connectivity index (χ4n) is 4.39. The van der Waals surface area contributed by atoms with Crippen LogP contribution in [0, 0.1) is 5.92 Å². The Balaban J connectivity index is 1.83. The van der Waals surface area contributed by atoms with Crippen molar-refractivity contribution < 1.29 is 18.7 Å². The average Bonchev–Trinajstić information content (AvgIpc) is 3.22. The summed E-state index contributed by atoms with van der Waals surface area (Å²) >= 11 is 6.50. The molecule has 1 aliphatic heterocycles. The molecule has 0 saturated heterocycles. The summed E-state index contributed by atoms with van der Waals surface area (Å²) in [6, 6.07) is 11.1. The number of ketones is 1. The van der Waals surface area contributed by atoms with Gasteiger partial charge in [-0.1, -0.05) is 29.8 Å². The predicted molar refractivity (Wildman–Crippen MR) is 110 cm³/mol. The van der Waals surface area contributed by atoms with Crippen molar-refractivity contribution in [3.63, 3.8) is 0 Å². The van der Waals surface area contributed by atoms with E-state index < -0.39 is 11.8 Å². The molecule has 29 heavy (non-hydrogen) atoms. The molecular formula is C23H22ClNO4. The highest BCUT2D eigenvalue weighted by molar-refractivity contribution is 6.31. The Morgan fingerprint density at radius 3 is 2.72 bits per heavy atom. The molecule has 1 aliphatic carbocycles. The molecule has 150 valence electrons. The van der Waals surface area contributed by atoms with Crippen LogP contribution in [-0.2, 0) is 14.3 Å². The summed E-state index contributed by atoms with van der Waals surface area (Å²) in [5, 5.41) is 0.523. The quantitative estimate of drug-likeness (QED) is 0.658. The minimum absolute atomic E-state index is 0.0249. The molecule has 0 bridgehead atoms. The molecule has 0 radical (unpaired) electrons. The Morgan fingerprint density at radius 2 is 2.03 bits per heavy atom. The Morgan fingerprint density at radius 1 is 1.24 bits per heavy atom. The summed E-state index contributed by atoms with van der Waals surface area (Å²) in [7, 11) is 0. The number of carbonyl (C=O) groups is 2. The van der Waals surface area contributed by atoms with Crippen LogP contribution in [0.4, 0.5) is 0 Å². The van der Waals surface area contributed by atoms with Crippen LogP contribution in [0.2, 0.25) is 5.02 Å². The number of rotatable bonds is 4. The number of halogens is 1. The van der Waals surface area contributed by atoms with Gasteiger partial charge < -0.3 is 9.15 Å². The molecule has 1 aromatic heterocycles. The molecule has 2 aliphatic rings. The zero-order valence-corrected chi connectivity index (χ0v) is 17.1. The monoisotopic (exact) mass is 411 g/mol. The van der Waals surface area contributed by atoms with Gasteiger partial charge in [0.2, 0.25) is 0 Å². The maximum absolute atomic E-state index is 13.3. The number of carbonyl (C=O) groups excluding carboxylic acids is 2. The van der Waals surface area contributed by atoms with Crippen molar-refractivity contribution in [2.45, 2.75) is 38.5 Å². The van der Waals surface area contributed by atoms with Gasteiger partial charge in [0.05, 0.1) is 12.9 Å². The van der Waals surface area contributed by atoms with Gasteiger partial charge in [0.1, 0.15) is 11.7 Å². The van der Waals surface area contributed by atoms with Gasteiger partial charge in [0, 0.05) is 46.7 Å². The SMILES string of the molecule is CCOC(=O)C1C(C)=NC2=C(C(=O)C[C@@H](c3ccco3)C2)[C@@H]1c1ccccc1Cl. The van der Waals surface area contributed by atoms with E-state index in [-0.39, 0.29) is 24.3 Å². The van der Waals surface area contributed by atoms with Crippen molar-refractivity contribution in [3.05, 3.63) is 70.3 Å². The number of benzene rings is 1. The Labute approximate surface area is 174 Å². The molecule has 1 unspecified atom stereocenters. The molecule has 0 saturated carbocycles. The van der Waals surface area contributed by atoms with E-state index in [9.17, 15) is 9.59 Å². The van der Waals surface area contributed by atoms with Crippen molar-refractivity contribution in [3.8, 4) is 0 Å². The average molecular weight is 412 g/mol. The van der Waals surface area contributed by atoms with Crippen LogP contribution in [0.15, 0.2) is 63.3 Å². The number of hydrogen-bond donors (Lipinski definition) is 0. The van der Waals surface area contributed by atoms with Gasteiger partial charge in [-0.05, 0) is 37.6 Å². The molecule has 2 heterocycles. The van der Waals surface area contributed by atoms with Crippen molar-refractivity contribution in [2.24, 2.45) is 10.9 Å². The third kappa shape index (κ3) is 3.55. The second-order valence-corrected chi connectivity index (χ2v) is 7.79. The molecule has 6 heteroatoms. The first-order chi connectivity index (χ1) is 14.0. The van der Waals surface area contributed by atoms with Crippen LogP contribution in [-0.4, -0.2) is 24.1 Å². The lowest BCUT2D eigenvalue weighted by atomic mass is 9.70. The summed E-state index contributed by atoms with van der Waals surface area (Å²) < 4.78 is 10.9. The lowest BCUT2D eigenvalue weighted by Crippen LogP contribution is -2.38. The van der Waals surface area contributed by atoms with Crippen LogP contribution in [0.25, 0.3) is 0 Å². The zero-order chi connectivity index (χ0) is 20.5. The first kappa shape index (κ1) is 19.6. The molecule has 1 aromatic carbocycles. The van der Waals surface area contributed by atoms with Gasteiger partial charge in [-0.2, -0.15) is 0 Å². The molecule has 4 rings (SSSR count). The Hall–Kier alpha value is -2.66. The zero-order valence-electron chi connectivity index (χ0n) is 16.4. The molecule has 5 nitrogen and oxygen atoms in total. The highest BCUT2D eigenvalue weighted by Crippen LogP contribution is 2.48. The summed E-state index contributed by atoms with van der Waals surface area (Å²) in [4.78, 5) is 30.8. The maximum atomic E-state index is 13.3. The van der Waals surface area contributed by atoms with E-state index in [0.29, 0.717) is 34.8 Å². The number of ether oxygens (including phenoxy) is 1. The summed E-state index contributed by atoms with van der Waals surface area (Å²) in [5.41, 5.74) is 2.67. The van der Waals surface area contributed by atoms with E-state index in [4.69, 9.17) is 25.7 Å². The van der Waals surface area contributed by atoms with Crippen LogP contribution in [0.3, 0.4) is 0 Å². The van der Waals surface area contributed by atoms with Gasteiger partial charge in [0.25, 0.3) is 0 Å². The van der Waals surface area contributed by atoms with Crippen molar-refractivity contribution in [1.82, 2.24) is 0 Å². The Kier molecular flexibility index (Phi) is 5.41. The second-order valence-electron chi connectivity index (χ2n) is 7.39. The minimum atomic E-state index is -0.669. The first-order valence-electron chi connectivity index (χ1n) is 9.77. The number of allylic oxidation sites excluding steroid dienone is 2. The van der Waals surface area contributed by atoms with E-state index in [1.807, 2.05) is 37.3 Å². The van der Waals surface area contributed by atoms with Crippen molar-refractivity contribution in [2.75, 3.05) is 6.61 Å². The van der Waals surface area contributed by atoms with Crippen molar-refractivity contribution in [1.29, 1.82) is 0 Å². The van der Waals surface area contributed by atoms with Gasteiger partial charge in [-0.15, -0.1) is 0 Å².